The van der Waals surface area contributed by atoms with Gasteiger partial charge in [0.1, 0.15) is 11.0 Å². The first-order valence-corrected chi connectivity index (χ1v) is 11.6. The smallest absolute Gasteiger partial charge is 0.319 e. The average Bonchev–Trinajstić information content (AvgIpc) is 3.42. The summed E-state index contributed by atoms with van der Waals surface area (Å²) in [5, 5.41) is 10.3. The van der Waals surface area contributed by atoms with Gasteiger partial charge in [0.05, 0.1) is 13.2 Å². The van der Waals surface area contributed by atoms with Crippen molar-refractivity contribution in [1.82, 2.24) is 19.7 Å². The summed E-state index contributed by atoms with van der Waals surface area (Å²) in [6.45, 7) is 6.69. The Kier molecular flexibility index (Phi) is 6.80. The molecule has 2 aromatic carbocycles. The summed E-state index contributed by atoms with van der Waals surface area (Å²) in [7, 11) is 0. The standard InChI is InChI=1S/C24H26N4O3S/c1-4-21(23(29)31-6-3)32-24-27-26-22(19-15-25-20-10-8-7-9-18(19)20)28(24)16-11-13-17(14-12-16)30-5-2/h7-15,21,25H,4-6H2,1-3H3. The van der Waals surface area contributed by atoms with Gasteiger partial charge in [-0.2, -0.15) is 0 Å². The zero-order valence-corrected chi connectivity index (χ0v) is 19.2. The van der Waals surface area contributed by atoms with Gasteiger partial charge in [-0.3, -0.25) is 9.36 Å². The Morgan fingerprint density at radius 3 is 2.56 bits per heavy atom. The van der Waals surface area contributed by atoms with Crippen LogP contribution in [0.4, 0.5) is 0 Å². The highest BCUT2D eigenvalue weighted by Gasteiger charge is 2.25. The van der Waals surface area contributed by atoms with Crippen molar-refractivity contribution < 1.29 is 14.3 Å². The molecule has 0 radical (unpaired) electrons. The minimum Gasteiger partial charge on any atom is -0.494 e. The molecule has 1 unspecified atom stereocenters. The van der Waals surface area contributed by atoms with Crippen LogP contribution < -0.4 is 4.74 Å². The van der Waals surface area contributed by atoms with E-state index in [0.29, 0.717) is 30.6 Å². The number of esters is 1. The Morgan fingerprint density at radius 1 is 1.06 bits per heavy atom. The number of fused-ring (bicyclic) bond motifs is 1. The number of aromatic nitrogens is 4. The maximum Gasteiger partial charge on any atom is 0.319 e. The normalized spacial score (nSPS) is 12.1. The molecule has 8 heteroatoms. The number of H-pyrrole nitrogens is 1. The van der Waals surface area contributed by atoms with Crippen molar-refractivity contribution in [2.24, 2.45) is 0 Å². The van der Waals surface area contributed by atoms with E-state index in [1.165, 1.54) is 11.8 Å². The van der Waals surface area contributed by atoms with Crippen molar-refractivity contribution in [2.45, 2.75) is 37.6 Å². The van der Waals surface area contributed by atoms with Crippen LogP contribution in [0.1, 0.15) is 27.2 Å². The average molecular weight is 451 g/mol. The fourth-order valence-electron chi connectivity index (χ4n) is 3.53. The molecule has 0 amide bonds. The highest BCUT2D eigenvalue weighted by molar-refractivity contribution is 8.00. The number of carbonyl (C=O) groups is 1. The Morgan fingerprint density at radius 2 is 1.84 bits per heavy atom. The predicted octanol–water partition coefficient (Wildman–Crippen LogP) is 5.25. The van der Waals surface area contributed by atoms with E-state index in [2.05, 4.69) is 21.2 Å². The third kappa shape index (κ3) is 4.36. The molecule has 2 heterocycles. The third-order valence-corrected chi connectivity index (χ3v) is 6.32. The summed E-state index contributed by atoms with van der Waals surface area (Å²) in [5.41, 5.74) is 2.86. The summed E-state index contributed by atoms with van der Waals surface area (Å²) in [6.07, 6.45) is 2.57. The molecule has 4 rings (SSSR count). The van der Waals surface area contributed by atoms with E-state index in [0.717, 1.165) is 27.9 Å². The number of nitrogens with zero attached hydrogens (tertiary/aromatic N) is 3. The van der Waals surface area contributed by atoms with Crippen molar-refractivity contribution in [3.8, 4) is 22.8 Å². The molecule has 0 bridgehead atoms. The number of ether oxygens (including phenoxy) is 2. The number of rotatable bonds is 9. The number of carbonyl (C=O) groups excluding carboxylic acids is 1. The van der Waals surface area contributed by atoms with E-state index >= 15 is 0 Å². The van der Waals surface area contributed by atoms with Gasteiger partial charge in [0.25, 0.3) is 0 Å². The molecule has 166 valence electrons. The fourth-order valence-corrected chi connectivity index (χ4v) is 4.50. The van der Waals surface area contributed by atoms with Crippen LogP contribution in [0.2, 0.25) is 0 Å². The van der Waals surface area contributed by atoms with Gasteiger partial charge in [0.15, 0.2) is 11.0 Å². The number of thioether (sulfide) groups is 1. The maximum absolute atomic E-state index is 12.4. The second-order valence-electron chi connectivity index (χ2n) is 7.08. The van der Waals surface area contributed by atoms with Crippen LogP contribution in [0.25, 0.3) is 28.0 Å². The van der Waals surface area contributed by atoms with Crippen LogP contribution in [0.5, 0.6) is 5.75 Å². The molecule has 1 atom stereocenters. The summed E-state index contributed by atoms with van der Waals surface area (Å²) in [6, 6.07) is 15.9. The maximum atomic E-state index is 12.4. The van der Waals surface area contributed by atoms with Crippen LogP contribution in [0.15, 0.2) is 59.9 Å². The van der Waals surface area contributed by atoms with Gasteiger partial charge in [0, 0.05) is 28.4 Å². The van der Waals surface area contributed by atoms with Crippen molar-refractivity contribution in [3.63, 3.8) is 0 Å². The third-order valence-electron chi connectivity index (χ3n) is 5.04. The van der Waals surface area contributed by atoms with E-state index in [1.54, 1.807) is 0 Å². The second-order valence-corrected chi connectivity index (χ2v) is 8.25. The van der Waals surface area contributed by atoms with Gasteiger partial charge in [-0.1, -0.05) is 36.9 Å². The van der Waals surface area contributed by atoms with Crippen LogP contribution >= 0.6 is 11.8 Å². The zero-order chi connectivity index (χ0) is 22.5. The van der Waals surface area contributed by atoms with Crippen molar-refractivity contribution in [2.75, 3.05) is 13.2 Å². The summed E-state index contributed by atoms with van der Waals surface area (Å²) in [4.78, 5) is 15.7. The summed E-state index contributed by atoms with van der Waals surface area (Å²) >= 11 is 1.37. The Labute approximate surface area is 191 Å². The number of aromatic amines is 1. The highest BCUT2D eigenvalue weighted by atomic mass is 32.2. The van der Waals surface area contributed by atoms with Crippen LogP contribution in [-0.4, -0.2) is 44.2 Å². The Hall–Kier alpha value is -3.26. The molecule has 0 spiro atoms. The summed E-state index contributed by atoms with van der Waals surface area (Å²) in [5.74, 6) is 1.26. The zero-order valence-electron chi connectivity index (χ0n) is 18.4. The fraction of sp³-hybridized carbons (Fsp3) is 0.292. The topological polar surface area (TPSA) is 82.0 Å². The van der Waals surface area contributed by atoms with Gasteiger partial charge in [-0.25, -0.2) is 0 Å². The van der Waals surface area contributed by atoms with Crippen LogP contribution in [0, 0.1) is 0 Å². The molecule has 0 fully saturated rings. The van der Waals surface area contributed by atoms with Crippen molar-refractivity contribution >= 4 is 28.6 Å². The molecular weight excluding hydrogens is 424 g/mol. The first kappa shape index (κ1) is 22.0. The minimum absolute atomic E-state index is 0.241. The lowest BCUT2D eigenvalue weighted by Crippen LogP contribution is -2.20. The Balaban J connectivity index is 1.81. The molecule has 0 saturated carbocycles. The van der Waals surface area contributed by atoms with E-state index in [-0.39, 0.29) is 11.2 Å². The molecule has 2 aromatic heterocycles. The number of hydrogen-bond donors (Lipinski definition) is 1. The molecule has 7 nitrogen and oxygen atoms in total. The minimum atomic E-state index is -0.364. The van der Waals surface area contributed by atoms with E-state index in [4.69, 9.17) is 9.47 Å². The van der Waals surface area contributed by atoms with Gasteiger partial charge in [-0.05, 0) is 50.6 Å². The van der Waals surface area contributed by atoms with Crippen LogP contribution in [0.3, 0.4) is 0 Å². The SMILES string of the molecule is CCOC(=O)C(CC)Sc1nnc(-c2c[nH]c3ccccc23)n1-c1ccc(OCC)cc1. The van der Waals surface area contributed by atoms with Gasteiger partial charge in [0.2, 0.25) is 0 Å². The number of benzene rings is 2. The molecule has 0 aliphatic heterocycles. The number of hydrogen-bond acceptors (Lipinski definition) is 6. The van der Waals surface area contributed by atoms with Crippen molar-refractivity contribution in [1.29, 1.82) is 0 Å². The molecule has 0 aliphatic rings. The second kappa shape index (κ2) is 9.91. The largest absolute Gasteiger partial charge is 0.494 e. The predicted molar refractivity (Wildman–Crippen MR) is 126 cm³/mol. The lowest BCUT2D eigenvalue weighted by Gasteiger charge is -2.15. The lowest BCUT2D eigenvalue weighted by molar-refractivity contribution is -0.142. The van der Waals surface area contributed by atoms with Gasteiger partial charge >= 0.3 is 5.97 Å². The van der Waals surface area contributed by atoms with E-state index < -0.39 is 0 Å². The Bertz CT molecular complexity index is 1200. The highest BCUT2D eigenvalue weighted by Crippen LogP contribution is 2.34. The monoisotopic (exact) mass is 450 g/mol. The lowest BCUT2D eigenvalue weighted by atomic mass is 10.1. The number of nitrogens with one attached hydrogen (secondary N) is 1. The number of para-hydroxylation sites is 1. The molecule has 0 saturated heterocycles. The molecule has 1 N–H and O–H groups in total. The van der Waals surface area contributed by atoms with Gasteiger partial charge in [-0.15, -0.1) is 10.2 Å². The molecule has 32 heavy (non-hydrogen) atoms. The van der Waals surface area contributed by atoms with E-state index in [1.807, 2.05) is 74.0 Å². The van der Waals surface area contributed by atoms with Crippen LogP contribution in [-0.2, 0) is 9.53 Å². The first-order chi connectivity index (χ1) is 15.7. The summed E-state index contributed by atoms with van der Waals surface area (Å²) < 4.78 is 12.8. The van der Waals surface area contributed by atoms with Crippen molar-refractivity contribution in [3.05, 3.63) is 54.7 Å². The van der Waals surface area contributed by atoms with Gasteiger partial charge < -0.3 is 14.5 Å². The first-order valence-electron chi connectivity index (χ1n) is 10.7. The molecular formula is C24H26N4O3S. The molecule has 4 aromatic rings. The van der Waals surface area contributed by atoms with E-state index in [9.17, 15) is 4.79 Å². The quantitative estimate of drug-likeness (QED) is 0.277. The molecule has 0 aliphatic carbocycles.